The smallest absolute Gasteiger partial charge is 0.0178 e. The normalized spacial score (nSPS) is 11.9. The summed E-state index contributed by atoms with van der Waals surface area (Å²) in [7, 11) is 0. The number of fused-ring (bicyclic) bond motifs is 9. The van der Waals surface area contributed by atoms with Crippen LogP contribution in [0.2, 0.25) is 0 Å². The Morgan fingerprint density at radius 2 is 0.582 bits per heavy atom. The zero-order valence-corrected chi connectivity index (χ0v) is 38.2. The van der Waals surface area contributed by atoms with E-state index in [0.29, 0.717) is 0 Å². The van der Waals surface area contributed by atoms with E-state index >= 15 is 0 Å². The third-order valence-electron chi connectivity index (χ3n) is 14.3. The Morgan fingerprint density at radius 3 is 1.13 bits per heavy atom. The fourth-order valence-electron chi connectivity index (χ4n) is 11.4. The summed E-state index contributed by atoms with van der Waals surface area (Å²) in [5.74, 6) is 0. The summed E-state index contributed by atoms with van der Waals surface area (Å²) in [4.78, 5) is 0. The summed E-state index contributed by atoms with van der Waals surface area (Å²) in [5, 5.41) is 18.1. The van der Waals surface area contributed by atoms with Gasteiger partial charge in [0.25, 0.3) is 0 Å². The van der Waals surface area contributed by atoms with Crippen molar-refractivity contribution in [1.29, 1.82) is 0 Å². The van der Waals surface area contributed by atoms with Crippen molar-refractivity contribution in [3.8, 4) is 55.6 Å². The van der Waals surface area contributed by atoms with Crippen molar-refractivity contribution < 1.29 is 0 Å². The topological polar surface area (TPSA) is 0 Å². The Balaban J connectivity index is 0.951. The minimum absolute atomic E-state index is 0.141. The van der Waals surface area contributed by atoms with E-state index < -0.39 is 0 Å². The molecule has 0 fully saturated rings. The SMILES string of the molecule is c1ccc2c(-c3ccc(-c4c5ccccc5c(-c5ccc6c(c5)[se]c5cccc(-c7c8ccccc8c(-c8cccc9ccccc89)c8ccccc78)c56)c5ccccc45)cc3)cccc2c1. The van der Waals surface area contributed by atoms with E-state index in [0.717, 1.165) is 0 Å². The average Bonchev–Trinajstić information content (AvgIpc) is 3.78. The number of hydrogen-bond donors (Lipinski definition) is 0. The molecule has 1 heterocycles. The molecule has 0 aliphatic carbocycles. The van der Waals surface area contributed by atoms with E-state index in [4.69, 9.17) is 0 Å². The zero-order chi connectivity index (χ0) is 44.0. The molecule has 0 N–H and O–H groups in total. The summed E-state index contributed by atoms with van der Waals surface area (Å²) in [6, 6.07) is 90.7. The van der Waals surface area contributed by atoms with E-state index in [9.17, 15) is 0 Å². The standard InChI is InChI=1S/C66H40Se/c1-3-20-46-41(16-1)18-13-30-47(46)43-34-36-44(37-35-43)62-50-22-5-7-24-52(50)63(53-25-8-6-23-51(53)62)45-38-39-58-61(40-45)67-60-33-15-32-59(66(58)60)65-56-28-11-9-26-54(56)64(55-27-10-12-29-57(55)65)49-31-14-19-42-17-2-4-21-48(42)49/h1-40H. The molecular weight excluding hydrogens is 872 g/mol. The fraction of sp³-hybridized carbons (Fsp3) is 0. The zero-order valence-electron chi connectivity index (χ0n) is 36.5. The van der Waals surface area contributed by atoms with Crippen LogP contribution in [-0.4, -0.2) is 14.5 Å². The van der Waals surface area contributed by atoms with Crippen LogP contribution in [0.1, 0.15) is 0 Å². The fourth-order valence-corrected chi connectivity index (χ4v) is 13.8. The molecule has 0 spiro atoms. The molecule has 13 aromatic carbocycles. The molecule has 0 unspecified atom stereocenters. The van der Waals surface area contributed by atoms with Crippen LogP contribution < -0.4 is 0 Å². The average molecular weight is 912 g/mol. The van der Waals surface area contributed by atoms with Crippen molar-refractivity contribution >= 4 is 98.4 Å². The molecule has 0 amide bonds. The first-order valence-corrected chi connectivity index (χ1v) is 24.9. The van der Waals surface area contributed by atoms with Gasteiger partial charge in [-0.2, -0.15) is 0 Å². The van der Waals surface area contributed by atoms with E-state index in [-0.39, 0.29) is 14.5 Å². The first kappa shape index (κ1) is 38.2. The molecule has 14 rings (SSSR count). The van der Waals surface area contributed by atoms with Crippen LogP contribution in [0.3, 0.4) is 0 Å². The van der Waals surface area contributed by atoms with Crippen molar-refractivity contribution in [2.24, 2.45) is 0 Å². The van der Waals surface area contributed by atoms with Crippen molar-refractivity contribution in [2.75, 3.05) is 0 Å². The van der Waals surface area contributed by atoms with Gasteiger partial charge in [-0.05, 0) is 10.8 Å². The van der Waals surface area contributed by atoms with E-state index in [1.165, 1.54) is 140 Å². The van der Waals surface area contributed by atoms with Gasteiger partial charge in [-0.15, -0.1) is 0 Å². The number of hydrogen-bond acceptors (Lipinski definition) is 0. The van der Waals surface area contributed by atoms with Gasteiger partial charge in [0, 0.05) is 0 Å². The van der Waals surface area contributed by atoms with Crippen molar-refractivity contribution in [2.45, 2.75) is 0 Å². The van der Waals surface area contributed by atoms with Gasteiger partial charge in [0.1, 0.15) is 0 Å². The summed E-state index contributed by atoms with van der Waals surface area (Å²) in [5.41, 5.74) is 12.8. The molecule has 14 aromatic rings. The number of benzene rings is 13. The van der Waals surface area contributed by atoms with Crippen molar-refractivity contribution in [3.05, 3.63) is 243 Å². The van der Waals surface area contributed by atoms with Gasteiger partial charge in [-0.3, -0.25) is 0 Å². The van der Waals surface area contributed by atoms with Crippen molar-refractivity contribution in [3.63, 3.8) is 0 Å². The maximum Gasteiger partial charge on any atom is -0.0178 e. The van der Waals surface area contributed by atoms with Crippen LogP contribution in [-0.2, 0) is 0 Å². The Kier molecular flexibility index (Phi) is 8.71. The second-order valence-corrected chi connectivity index (χ2v) is 20.1. The van der Waals surface area contributed by atoms with Crippen LogP contribution in [0.15, 0.2) is 243 Å². The first-order chi connectivity index (χ1) is 33.3. The third kappa shape index (κ3) is 5.92. The van der Waals surface area contributed by atoms with Crippen LogP contribution in [0.4, 0.5) is 0 Å². The molecule has 0 saturated heterocycles. The Labute approximate surface area is 394 Å². The molecule has 1 aromatic heterocycles. The maximum atomic E-state index is 2.52. The van der Waals surface area contributed by atoms with E-state index in [1.54, 1.807) is 0 Å². The van der Waals surface area contributed by atoms with Gasteiger partial charge < -0.3 is 0 Å². The van der Waals surface area contributed by atoms with Crippen LogP contribution in [0.25, 0.3) is 140 Å². The first-order valence-electron chi connectivity index (χ1n) is 23.2. The van der Waals surface area contributed by atoms with Gasteiger partial charge in [-0.25, -0.2) is 0 Å². The largest absolute Gasteiger partial charge is 0.0610 e. The summed E-state index contributed by atoms with van der Waals surface area (Å²) < 4.78 is 2.88. The Bertz CT molecular complexity index is 4200. The van der Waals surface area contributed by atoms with Crippen LogP contribution >= 0.6 is 0 Å². The number of rotatable bonds is 5. The monoisotopic (exact) mass is 912 g/mol. The molecule has 0 aliphatic heterocycles. The molecule has 67 heavy (non-hydrogen) atoms. The van der Waals surface area contributed by atoms with E-state index in [1.807, 2.05) is 0 Å². The minimum Gasteiger partial charge on any atom is -0.0610 e. The molecular formula is C66H40Se. The second kappa shape index (κ2) is 15.3. The molecule has 0 aliphatic rings. The van der Waals surface area contributed by atoms with Crippen LogP contribution in [0, 0.1) is 0 Å². The third-order valence-corrected chi connectivity index (χ3v) is 16.6. The second-order valence-electron chi connectivity index (χ2n) is 17.8. The van der Waals surface area contributed by atoms with Gasteiger partial charge in [-0.1, -0.05) is 42.5 Å². The van der Waals surface area contributed by atoms with Gasteiger partial charge in [0.2, 0.25) is 0 Å². The molecule has 0 saturated carbocycles. The molecule has 0 atom stereocenters. The molecule has 0 bridgehead atoms. The maximum absolute atomic E-state index is 2.52. The summed E-state index contributed by atoms with van der Waals surface area (Å²) in [6.45, 7) is 0. The Morgan fingerprint density at radius 1 is 0.209 bits per heavy atom. The van der Waals surface area contributed by atoms with Crippen LogP contribution in [0.5, 0.6) is 0 Å². The molecule has 0 radical (unpaired) electrons. The summed E-state index contributed by atoms with van der Waals surface area (Å²) in [6.07, 6.45) is 0. The van der Waals surface area contributed by atoms with Gasteiger partial charge >= 0.3 is 343 Å². The minimum atomic E-state index is 0.141. The Hall–Kier alpha value is -8.06. The van der Waals surface area contributed by atoms with E-state index in [2.05, 4.69) is 243 Å². The predicted octanol–water partition coefficient (Wildman–Crippen LogP) is 18.3. The molecule has 1 heteroatoms. The van der Waals surface area contributed by atoms with Gasteiger partial charge in [0.15, 0.2) is 0 Å². The quantitative estimate of drug-likeness (QED) is 0.119. The van der Waals surface area contributed by atoms with Gasteiger partial charge in [0.05, 0.1) is 0 Å². The summed E-state index contributed by atoms with van der Waals surface area (Å²) >= 11 is 0.141. The molecule has 0 nitrogen and oxygen atoms in total. The molecule has 310 valence electrons. The van der Waals surface area contributed by atoms with Crippen molar-refractivity contribution in [1.82, 2.24) is 0 Å². The predicted molar refractivity (Wildman–Crippen MR) is 291 cm³/mol.